The van der Waals surface area contributed by atoms with Crippen LogP contribution in [0.15, 0.2) is 18.2 Å². The summed E-state index contributed by atoms with van der Waals surface area (Å²) in [4.78, 5) is 11.9. The maximum Gasteiger partial charge on any atom is 0.241 e. The predicted molar refractivity (Wildman–Crippen MR) is 81.9 cm³/mol. The summed E-state index contributed by atoms with van der Waals surface area (Å²) in [5, 5.41) is 2.76. The lowest BCUT2D eigenvalue weighted by atomic mass is 10.2. The molecule has 0 heterocycles. The standard InChI is InChI=1S/C15H24N2O4/c1-4-20-13-7-6-11(10-14(13)21-5-2)17-15(18)12(16)8-9-19-3/h6-7,10,12H,4-5,8-9,16H2,1-3H3,(H,17,18). The molecule has 118 valence electrons. The highest BCUT2D eigenvalue weighted by atomic mass is 16.5. The Bertz CT molecular complexity index is 451. The van der Waals surface area contributed by atoms with Crippen molar-refractivity contribution >= 4 is 11.6 Å². The third-order valence-corrected chi connectivity index (χ3v) is 2.78. The zero-order chi connectivity index (χ0) is 15.7. The number of carbonyl (C=O) groups is 1. The van der Waals surface area contributed by atoms with Gasteiger partial charge >= 0.3 is 0 Å². The van der Waals surface area contributed by atoms with Crippen molar-refractivity contribution in [2.45, 2.75) is 26.3 Å². The molecule has 0 saturated heterocycles. The molecule has 21 heavy (non-hydrogen) atoms. The van der Waals surface area contributed by atoms with Crippen molar-refractivity contribution in [3.63, 3.8) is 0 Å². The average Bonchev–Trinajstić information content (AvgIpc) is 2.47. The summed E-state index contributed by atoms with van der Waals surface area (Å²) in [6.07, 6.45) is 0.470. The molecule has 1 aromatic rings. The average molecular weight is 296 g/mol. The van der Waals surface area contributed by atoms with Crippen LogP contribution in [0.1, 0.15) is 20.3 Å². The number of hydrogen-bond donors (Lipinski definition) is 2. The lowest BCUT2D eigenvalue weighted by Gasteiger charge is -2.15. The molecule has 0 aliphatic rings. The normalized spacial score (nSPS) is 11.8. The SMILES string of the molecule is CCOc1ccc(NC(=O)C(N)CCOC)cc1OCC. The van der Waals surface area contributed by atoms with E-state index in [0.29, 0.717) is 43.4 Å². The first-order valence-electron chi connectivity index (χ1n) is 7.07. The van der Waals surface area contributed by atoms with Gasteiger partial charge in [-0.3, -0.25) is 4.79 Å². The van der Waals surface area contributed by atoms with E-state index in [2.05, 4.69) is 5.32 Å². The minimum atomic E-state index is -0.605. The lowest BCUT2D eigenvalue weighted by Crippen LogP contribution is -2.36. The van der Waals surface area contributed by atoms with Crippen molar-refractivity contribution in [2.24, 2.45) is 5.73 Å². The molecular formula is C15H24N2O4. The van der Waals surface area contributed by atoms with Crippen molar-refractivity contribution in [1.29, 1.82) is 0 Å². The van der Waals surface area contributed by atoms with E-state index in [1.54, 1.807) is 25.3 Å². The van der Waals surface area contributed by atoms with Gasteiger partial charge in [-0.15, -0.1) is 0 Å². The van der Waals surface area contributed by atoms with Crippen LogP contribution in [0.5, 0.6) is 11.5 Å². The summed E-state index contributed by atoms with van der Waals surface area (Å²) in [6.45, 7) is 5.31. The predicted octanol–water partition coefficient (Wildman–Crippen LogP) is 1.79. The molecule has 1 unspecified atom stereocenters. The Labute approximate surface area is 125 Å². The van der Waals surface area contributed by atoms with E-state index in [9.17, 15) is 4.79 Å². The Hall–Kier alpha value is -1.79. The smallest absolute Gasteiger partial charge is 0.241 e. The van der Waals surface area contributed by atoms with Crippen LogP contribution in [0.25, 0.3) is 0 Å². The molecule has 1 atom stereocenters. The minimum absolute atomic E-state index is 0.251. The van der Waals surface area contributed by atoms with Gasteiger partial charge in [0.15, 0.2) is 11.5 Å². The minimum Gasteiger partial charge on any atom is -0.490 e. The van der Waals surface area contributed by atoms with Crippen LogP contribution in [0.3, 0.4) is 0 Å². The Morgan fingerprint density at radius 2 is 1.90 bits per heavy atom. The van der Waals surface area contributed by atoms with Gasteiger partial charge in [-0.1, -0.05) is 0 Å². The molecule has 0 aliphatic carbocycles. The number of methoxy groups -OCH3 is 1. The van der Waals surface area contributed by atoms with Crippen LogP contribution in [0.2, 0.25) is 0 Å². The van der Waals surface area contributed by atoms with Crippen LogP contribution in [-0.4, -0.2) is 38.9 Å². The number of nitrogens with two attached hydrogens (primary N) is 1. The highest BCUT2D eigenvalue weighted by Gasteiger charge is 2.14. The summed E-state index contributed by atoms with van der Waals surface area (Å²) in [7, 11) is 1.57. The number of nitrogens with one attached hydrogen (secondary N) is 1. The van der Waals surface area contributed by atoms with Crippen molar-refractivity contribution in [2.75, 3.05) is 32.2 Å². The summed E-state index contributed by atoms with van der Waals surface area (Å²) in [6, 6.07) is 4.65. The van der Waals surface area contributed by atoms with Gasteiger partial charge in [-0.2, -0.15) is 0 Å². The second kappa shape index (κ2) is 9.20. The molecule has 0 fully saturated rings. The van der Waals surface area contributed by atoms with Crippen molar-refractivity contribution in [1.82, 2.24) is 0 Å². The highest BCUT2D eigenvalue weighted by molar-refractivity contribution is 5.94. The summed E-state index contributed by atoms with van der Waals surface area (Å²) < 4.78 is 15.9. The second-order valence-corrected chi connectivity index (χ2v) is 4.40. The van der Waals surface area contributed by atoms with Crippen LogP contribution in [-0.2, 0) is 9.53 Å². The van der Waals surface area contributed by atoms with Gasteiger partial charge in [-0.25, -0.2) is 0 Å². The van der Waals surface area contributed by atoms with Gasteiger partial charge in [0.2, 0.25) is 5.91 Å². The van der Waals surface area contributed by atoms with Gasteiger partial charge in [0.1, 0.15) is 0 Å². The van der Waals surface area contributed by atoms with Gasteiger partial charge in [0, 0.05) is 25.5 Å². The molecule has 1 amide bonds. The Balaban J connectivity index is 2.74. The van der Waals surface area contributed by atoms with Gasteiger partial charge in [0.05, 0.1) is 19.3 Å². The summed E-state index contributed by atoms with van der Waals surface area (Å²) >= 11 is 0. The molecule has 0 bridgehead atoms. The van der Waals surface area contributed by atoms with Gasteiger partial charge in [0.25, 0.3) is 0 Å². The quantitative estimate of drug-likeness (QED) is 0.726. The highest BCUT2D eigenvalue weighted by Crippen LogP contribution is 2.30. The molecular weight excluding hydrogens is 272 g/mol. The maximum atomic E-state index is 11.9. The topological polar surface area (TPSA) is 82.8 Å². The fourth-order valence-corrected chi connectivity index (χ4v) is 1.74. The molecule has 1 rings (SSSR count). The van der Waals surface area contributed by atoms with E-state index in [0.717, 1.165) is 0 Å². The van der Waals surface area contributed by atoms with Crippen molar-refractivity contribution in [3.8, 4) is 11.5 Å². The zero-order valence-corrected chi connectivity index (χ0v) is 12.8. The van der Waals surface area contributed by atoms with Crippen molar-refractivity contribution < 1.29 is 19.0 Å². The van der Waals surface area contributed by atoms with E-state index in [1.165, 1.54) is 0 Å². The molecule has 0 spiro atoms. The summed E-state index contributed by atoms with van der Waals surface area (Å²) in [5.74, 6) is 1.00. The molecule has 0 aliphatic heterocycles. The number of rotatable bonds is 9. The van der Waals surface area contributed by atoms with Crippen LogP contribution >= 0.6 is 0 Å². The van der Waals surface area contributed by atoms with Crippen LogP contribution < -0.4 is 20.5 Å². The van der Waals surface area contributed by atoms with Gasteiger partial charge in [-0.05, 0) is 32.4 Å². The largest absolute Gasteiger partial charge is 0.490 e. The summed E-state index contributed by atoms with van der Waals surface area (Å²) in [5.41, 5.74) is 6.40. The van der Waals surface area contributed by atoms with E-state index in [-0.39, 0.29) is 5.91 Å². The first-order valence-corrected chi connectivity index (χ1v) is 7.07. The monoisotopic (exact) mass is 296 g/mol. The van der Waals surface area contributed by atoms with Crippen LogP contribution in [0, 0.1) is 0 Å². The second-order valence-electron chi connectivity index (χ2n) is 4.40. The van der Waals surface area contributed by atoms with Crippen molar-refractivity contribution in [3.05, 3.63) is 18.2 Å². The van der Waals surface area contributed by atoms with E-state index < -0.39 is 6.04 Å². The number of carbonyl (C=O) groups excluding carboxylic acids is 1. The maximum absolute atomic E-state index is 11.9. The van der Waals surface area contributed by atoms with E-state index in [4.69, 9.17) is 19.9 Å². The molecule has 6 nitrogen and oxygen atoms in total. The molecule has 3 N–H and O–H groups in total. The molecule has 0 saturated carbocycles. The number of benzene rings is 1. The Morgan fingerprint density at radius 1 is 1.24 bits per heavy atom. The molecule has 0 aromatic heterocycles. The Morgan fingerprint density at radius 3 is 2.52 bits per heavy atom. The van der Waals surface area contributed by atoms with Crippen LogP contribution in [0.4, 0.5) is 5.69 Å². The zero-order valence-electron chi connectivity index (χ0n) is 12.8. The fourth-order valence-electron chi connectivity index (χ4n) is 1.74. The number of amides is 1. The molecule has 1 aromatic carbocycles. The fraction of sp³-hybridized carbons (Fsp3) is 0.533. The third kappa shape index (κ3) is 5.61. The third-order valence-electron chi connectivity index (χ3n) is 2.78. The number of anilines is 1. The lowest BCUT2D eigenvalue weighted by molar-refractivity contribution is -0.117. The molecule has 0 radical (unpaired) electrons. The Kier molecular flexibility index (Phi) is 7.56. The number of hydrogen-bond acceptors (Lipinski definition) is 5. The molecule has 6 heteroatoms. The first-order chi connectivity index (χ1) is 10.1. The van der Waals surface area contributed by atoms with E-state index in [1.807, 2.05) is 13.8 Å². The first kappa shape index (κ1) is 17.3. The number of ether oxygens (including phenoxy) is 3. The van der Waals surface area contributed by atoms with Gasteiger partial charge < -0.3 is 25.3 Å². The van der Waals surface area contributed by atoms with E-state index >= 15 is 0 Å².